The zero-order valence-corrected chi connectivity index (χ0v) is 38.7. The molecule has 0 aliphatic carbocycles. The van der Waals surface area contributed by atoms with Crippen molar-refractivity contribution >= 4 is 19.8 Å². The van der Waals surface area contributed by atoms with Crippen LogP contribution in [0.1, 0.15) is 162 Å². The Morgan fingerprint density at radius 3 is 1.68 bits per heavy atom. The molecule has 0 fully saturated rings. The van der Waals surface area contributed by atoms with Gasteiger partial charge in [-0.3, -0.25) is 14.2 Å². The molecular formula is C48H84NO9P. The maximum absolute atomic E-state index is 12.7. The third-order valence-electron chi connectivity index (χ3n) is 9.27. The van der Waals surface area contributed by atoms with Crippen LogP contribution in [0.3, 0.4) is 0 Å². The first kappa shape index (κ1) is 56.4. The van der Waals surface area contributed by atoms with Crippen LogP contribution in [0, 0.1) is 0 Å². The fourth-order valence-electron chi connectivity index (χ4n) is 5.64. The topological polar surface area (TPSA) is 131 Å². The predicted molar refractivity (Wildman–Crippen MR) is 242 cm³/mol. The number of phosphoric acid groups is 1. The van der Waals surface area contributed by atoms with Crippen LogP contribution < -0.4 is 4.89 Å². The van der Waals surface area contributed by atoms with Gasteiger partial charge in [-0.25, -0.2) is 0 Å². The van der Waals surface area contributed by atoms with Crippen molar-refractivity contribution in [1.82, 2.24) is 0 Å². The van der Waals surface area contributed by atoms with Crippen LogP contribution in [-0.4, -0.2) is 81.2 Å². The standard InChI is InChI=1S/C48H84NO9P/c1-6-8-10-11-12-13-14-15-16-17-18-19-23-26-29-32-35-39-47(51)55-43-46(44-57-59(53,54)56-42-41-49(3,4)5)58-48(52)40-36-33-30-27-24-21-20-22-25-28-31-34-38-45(50)37-9-7-2/h12-13,15-16,20-21,25,27-28,30,34,38,45-46,50H,6-11,14,17-19,22-24,26,29,31-33,35-37,39-44H2,1-5H3/b13-12-,16-15-,21-20-,28-25-,30-27-,38-34-/t45-,46-/m1/s1. The van der Waals surface area contributed by atoms with E-state index in [9.17, 15) is 24.2 Å². The van der Waals surface area contributed by atoms with Gasteiger partial charge >= 0.3 is 11.9 Å². The van der Waals surface area contributed by atoms with Crippen molar-refractivity contribution in [2.45, 2.75) is 174 Å². The van der Waals surface area contributed by atoms with Crippen LogP contribution in [0.5, 0.6) is 0 Å². The zero-order valence-electron chi connectivity index (χ0n) is 37.8. The van der Waals surface area contributed by atoms with Crippen LogP contribution in [0.15, 0.2) is 72.9 Å². The first-order valence-electron chi connectivity index (χ1n) is 22.7. The van der Waals surface area contributed by atoms with Crippen LogP contribution in [-0.2, 0) is 32.7 Å². The molecule has 0 saturated heterocycles. The number of carbonyl (C=O) groups excluding carboxylic acids is 2. The van der Waals surface area contributed by atoms with E-state index in [0.29, 0.717) is 30.3 Å². The second-order valence-corrected chi connectivity index (χ2v) is 17.6. The van der Waals surface area contributed by atoms with E-state index < -0.39 is 32.5 Å². The lowest BCUT2D eigenvalue weighted by atomic mass is 10.1. The predicted octanol–water partition coefficient (Wildman–Crippen LogP) is 11.4. The highest BCUT2D eigenvalue weighted by molar-refractivity contribution is 7.45. The van der Waals surface area contributed by atoms with Gasteiger partial charge in [-0.2, -0.15) is 0 Å². The van der Waals surface area contributed by atoms with Crippen LogP contribution in [0.2, 0.25) is 0 Å². The summed E-state index contributed by atoms with van der Waals surface area (Å²) in [4.78, 5) is 37.5. The maximum Gasteiger partial charge on any atom is 0.306 e. The SMILES string of the molecule is CCCCC/C=C\C/C=C\CCCCCCCCCC(=O)OC[C@H](COP(=O)([O-])OCC[N+](C)(C)C)OC(=O)CCC/C=C\C/C=C\C/C=C\C/C=C\[C@H](O)CCCC. The molecule has 59 heavy (non-hydrogen) atoms. The van der Waals surface area contributed by atoms with E-state index in [-0.39, 0.29) is 32.2 Å². The van der Waals surface area contributed by atoms with E-state index in [1.54, 1.807) is 0 Å². The van der Waals surface area contributed by atoms with Gasteiger partial charge in [0, 0.05) is 12.8 Å². The molecule has 0 rings (SSSR count). The summed E-state index contributed by atoms with van der Waals surface area (Å²) in [6, 6.07) is 0. The highest BCUT2D eigenvalue weighted by atomic mass is 31.2. The average molecular weight is 850 g/mol. The van der Waals surface area contributed by atoms with Gasteiger partial charge in [-0.15, -0.1) is 0 Å². The lowest BCUT2D eigenvalue weighted by Gasteiger charge is -2.28. The lowest BCUT2D eigenvalue weighted by Crippen LogP contribution is -2.37. The van der Waals surface area contributed by atoms with E-state index in [1.165, 1.54) is 44.9 Å². The van der Waals surface area contributed by atoms with Crippen LogP contribution in [0.25, 0.3) is 0 Å². The van der Waals surface area contributed by atoms with Gasteiger partial charge in [0.15, 0.2) is 6.10 Å². The molecule has 0 amide bonds. The largest absolute Gasteiger partial charge is 0.756 e. The molecule has 0 spiro atoms. The van der Waals surface area contributed by atoms with Crippen molar-refractivity contribution in [2.24, 2.45) is 0 Å². The summed E-state index contributed by atoms with van der Waals surface area (Å²) in [5.41, 5.74) is 0. The Labute approximate surface area is 360 Å². The Morgan fingerprint density at radius 1 is 0.610 bits per heavy atom. The van der Waals surface area contributed by atoms with Crippen molar-refractivity contribution in [3.8, 4) is 0 Å². The minimum atomic E-state index is -4.66. The average Bonchev–Trinajstić information content (AvgIpc) is 3.18. The normalized spacial score (nSPS) is 14.8. The highest BCUT2D eigenvalue weighted by Crippen LogP contribution is 2.38. The molecule has 0 heterocycles. The van der Waals surface area contributed by atoms with Crippen LogP contribution in [0.4, 0.5) is 0 Å². The fraction of sp³-hybridized carbons (Fsp3) is 0.708. The minimum absolute atomic E-state index is 0.0532. The number of carbonyl (C=O) groups is 2. The number of unbranched alkanes of at least 4 members (excludes halogenated alkanes) is 12. The summed E-state index contributed by atoms with van der Waals surface area (Å²) in [7, 11) is 1.09. The number of allylic oxidation sites excluding steroid dienone is 11. The van der Waals surface area contributed by atoms with Gasteiger partial charge in [0.25, 0.3) is 7.82 Å². The monoisotopic (exact) mass is 850 g/mol. The Bertz CT molecular complexity index is 1250. The Hall–Kier alpha value is -2.59. The maximum atomic E-state index is 12.7. The van der Waals surface area contributed by atoms with Gasteiger partial charge < -0.3 is 33.0 Å². The molecule has 11 heteroatoms. The molecule has 0 bridgehead atoms. The van der Waals surface area contributed by atoms with Gasteiger partial charge in [0.1, 0.15) is 19.8 Å². The van der Waals surface area contributed by atoms with Crippen molar-refractivity contribution < 1.29 is 47.2 Å². The molecular weight excluding hydrogens is 765 g/mol. The number of likely N-dealkylation sites (N-methyl/N-ethyl adjacent to an activating group) is 1. The number of hydrogen-bond acceptors (Lipinski definition) is 9. The molecule has 340 valence electrons. The molecule has 0 aromatic heterocycles. The van der Waals surface area contributed by atoms with Crippen molar-refractivity contribution in [2.75, 3.05) is 47.5 Å². The molecule has 1 unspecified atom stereocenters. The van der Waals surface area contributed by atoms with Gasteiger partial charge in [-0.05, 0) is 77.0 Å². The summed E-state index contributed by atoms with van der Waals surface area (Å²) in [6.45, 7) is 3.94. The summed E-state index contributed by atoms with van der Waals surface area (Å²) < 4.78 is 33.8. The summed E-state index contributed by atoms with van der Waals surface area (Å²) in [6.07, 6.45) is 45.5. The van der Waals surface area contributed by atoms with Gasteiger partial charge in [0.05, 0.1) is 33.9 Å². The first-order chi connectivity index (χ1) is 28.4. The van der Waals surface area contributed by atoms with E-state index in [4.69, 9.17) is 18.5 Å². The lowest BCUT2D eigenvalue weighted by molar-refractivity contribution is -0.870. The van der Waals surface area contributed by atoms with Crippen molar-refractivity contribution in [3.63, 3.8) is 0 Å². The number of hydrogen-bond donors (Lipinski definition) is 1. The van der Waals surface area contributed by atoms with E-state index in [0.717, 1.165) is 70.6 Å². The molecule has 0 saturated carbocycles. The molecule has 3 atom stereocenters. The summed E-state index contributed by atoms with van der Waals surface area (Å²) >= 11 is 0. The smallest absolute Gasteiger partial charge is 0.306 e. The fourth-order valence-corrected chi connectivity index (χ4v) is 6.36. The van der Waals surface area contributed by atoms with Gasteiger partial charge in [-0.1, -0.05) is 145 Å². The highest BCUT2D eigenvalue weighted by Gasteiger charge is 2.21. The Balaban J connectivity index is 4.49. The third kappa shape index (κ3) is 43.3. The molecule has 0 aliphatic rings. The van der Waals surface area contributed by atoms with Crippen molar-refractivity contribution in [3.05, 3.63) is 72.9 Å². The quantitative estimate of drug-likeness (QED) is 0.0210. The number of aliphatic hydroxyl groups is 1. The summed E-state index contributed by atoms with van der Waals surface area (Å²) in [5.74, 6) is -0.938. The molecule has 10 nitrogen and oxygen atoms in total. The number of ether oxygens (including phenoxy) is 2. The first-order valence-corrected chi connectivity index (χ1v) is 24.2. The van der Waals surface area contributed by atoms with E-state index in [1.807, 2.05) is 45.4 Å². The summed E-state index contributed by atoms with van der Waals surface area (Å²) in [5, 5.41) is 9.83. The Kier molecular flexibility index (Phi) is 37.8. The molecule has 0 radical (unpaired) electrons. The molecule has 0 aromatic carbocycles. The van der Waals surface area contributed by atoms with Gasteiger partial charge in [0.2, 0.25) is 0 Å². The second kappa shape index (κ2) is 39.5. The number of aliphatic hydroxyl groups excluding tert-OH is 1. The molecule has 1 N–H and O–H groups in total. The zero-order chi connectivity index (χ0) is 43.7. The minimum Gasteiger partial charge on any atom is -0.756 e. The van der Waals surface area contributed by atoms with E-state index >= 15 is 0 Å². The number of rotatable bonds is 40. The number of phosphoric ester groups is 1. The third-order valence-corrected chi connectivity index (χ3v) is 10.2. The number of esters is 2. The molecule has 0 aliphatic heterocycles. The van der Waals surface area contributed by atoms with E-state index in [2.05, 4.69) is 62.5 Å². The second-order valence-electron chi connectivity index (χ2n) is 16.2. The van der Waals surface area contributed by atoms with Crippen molar-refractivity contribution in [1.29, 1.82) is 0 Å². The van der Waals surface area contributed by atoms with Crippen LogP contribution >= 0.6 is 7.82 Å². The number of quaternary nitrogens is 1. The molecule has 0 aromatic rings. The Morgan fingerprint density at radius 2 is 1.10 bits per heavy atom. The number of nitrogens with zero attached hydrogens (tertiary/aromatic N) is 1.